The standard InChI is InChI=1S/C39H72BrNO4Si2/c1-24(34(42)41-25(2)37(9,10)43)28-17-18-29-33-30(19-20-38(28,29)11)39(12)26(22-31(33)40)21-27(44-46(13,14)35(3,4)5)23-32(39)45-47(15,16)36(6,7)8/h22,24-25,27-33,43H,17-21,23H2,1-16H3,(H,41,42)/t24-,25+,27+,28+,29-,30-,31?,32-,33-,38+,39-/m0/s1. The smallest absolute Gasteiger partial charge is 0.223 e. The molecule has 0 aromatic rings. The number of carbonyl (C=O) groups excluding carboxylic acids is 1. The van der Waals surface area contributed by atoms with Crippen LogP contribution in [0.15, 0.2) is 11.6 Å². The first-order valence-electron chi connectivity index (χ1n) is 18.8. The summed E-state index contributed by atoms with van der Waals surface area (Å²) >= 11 is 4.30. The van der Waals surface area contributed by atoms with Crippen LogP contribution in [0.25, 0.3) is 0 Å². The topological polar surface area (TPSA) is 67.8 Å². The van der Waals surface area contributed by atoms with Crippen LogP contribution >= 0.6 is 15.9 Å². The van der Waals surface area contributed by atoms with E-state index in [2.05, 4.69) is 116 Å². The zero-order chi connectivity index (χ0) is 35.9. The average Bonchev–Trinajstić information content (AvgIpc) is 3.24. The van der Waals surface area contributed by atoms with Crippen molar-refractivity contribution in [1.82, 2.24) is 5.32 Å². The molecule has 4 aliphatic rings. The Hall–Kier alpha value is 0.00377. The summed E-state index contributed by atoms with van der Waals surface area (Å²) in [6.45, 7) is 36.5. The fourth-order valence-corrected chi connectivity index (χ4v) is 13.4. The molecule has 4 aliphatic carbocycles. The van der Waals surface area contributed by atoms with Gasteiger partial charge in [-0.25, -0.2) is 0 Å². The first-order chi connectivity index (χ1) is 21.1. The van der Waals surface area contributed by atoms with Crippen molar-refractivity contribution in [3.05, 3.63) is 11.6 Å². The summed E-state index contributed by atoms with van der Waals surface area (Å²) in [7, 11) is -4.02. The molecule has 0 heterocycles. The molecule has 4 rings (SSSR count). The SMILES string of the molecule is C[C@H](C(=O)N[C@H](C)C(C)(C)O)[C@H]1CC[C@H]2[C@@H]3C(Br)C=C4C[C@@H](O[Si](C)(C)C(C)(C)C)C[C@H](O[Si](C)(C)C(C)(C)C)[C@]4(C)[C@H]3CC[C@]12C. The molecule has 1 amide bonds. The molecular formula is C39H72BrNO4Si2. The van der Waals surface area contributed by atoms with Gasteiger partial charge in [0.15, 0.2) is 16.6 Å². The number of carbonyl (C=O) groups is 1. The second-order valence-electron chi connectivity index (χ2n) is 20.4. The molecule has 3 saturated carbocycles. The molecule has 2 N–H and O–H groups in total. The van der Waals surface area contributed by atoms with Gasteiger partial charge in [-0.1, -0.05) is 89.9 Å². The number of fused-ring (bicyclic) bond motifs is 5. The maximum absolute atomic E-state index is 13.6. The first kappa shape index (κ1) is 39.8. The Bertz CT molecular complexity index is 1200. The zero-order valence-electron chi connectivity index (χ0n) is 33.1. The van der Waals surface area contributed by atoms with Gasteiger partial charge in [-0.15, -0.1) is 0 Å². The van der Waals surface area contributed by atoms with E-state index in [4.69, 9.17) is 8.85 Å². The van der Waals surface area contributed by atoms with Gasteiger partial charge in [0.2, 0.25) is 5.91 Å². The van der Waals surface area contributed by atoms with E-state index < -0.39 is 22.2 Å². The minimum Gasteiger partial charge on any atom is -0.414 e. The van der Waals surface area contributed by atoms with E-state index >= 15 is 0 Å². The van der Waals surface area contributed by atoms with Crippen molar-refractivity contribution in [2.24, 2.45) is 40.4 Å². The summed E-state index contributed by atoms with van der Waals surface area (Å²) in [5.41, 5.74) is 0.702. The van der Waals surface area contributed by atoms with Crippen molar-refractivity contribution in [2.45, 2.75) is 187 Å². The number of alkyl halides is 1. The highest BCUT2D eigenvalue weighted by molar-refractivity contribution is 9.09. The van der Waals surface area contributed by atoms with E-state index in [0.717, 1.165) is 25.7 Å². The third-order valence-corrected chi connectivity index (χ3v) is 25.0. The summed E-state index contributed by atoms with van der Waals surface area (Å²) in [5, 5.41) is 14.0. The largest absolute Gasteiger partial charge is 0.414 e. The van der Waals surface area contributed by atoms with Crippen LogP contribution in [0.2, 0.25) is 36.3 Å². The van der Waals surface area contributed by atoms with Gasteiger partial charge in [-0.2, -0.15) is 0 Å². The third kappa shape index (κ3) is 7.23. The van der Waals surface area contributed by atoms with Crippen molar-refractivity contribution in [2.75, 3.05) is 0 Å². The van der Waals surface area contributed by atoms with Crippen LogP contribution in [0.4, 0.5) is 0 Å². The van der Waals surface area contributed by atoms with Crippen LogP contribution < -0.4 is 5.32 Å². The summed E-state index contributed by atoms with van der Waals surface area (Å²) in [6.07, 6.45) is 9.51. The molecule has 0 spiro atoms. The number of halogens is 1. The number of rotatable bonds is 8. The molecule has 3 fully saturated rings. The van der Waals surface area contributed by atoms with Crippen molar-refractivity contribution in [3.63, 3.8) is 0 Å². The van der Waals surface area contributed by atoms with Crippen LogP contribution in [0.5, 0.6) is 0 Å². The van der Waals surface area contributed by atoms with E-state index in [1.165, 1.54) is 12.8 Å². The van der Waals surface area contributed by atoms with Crippen molar-refractivity contribution < 1.29 is 18.8 Å². The summed E-state index contributed by atoms with van der Waals surface area (Å²) < 4.78 is 14.8. The minimum absolute atomic E-state index is 0.0255. The molecule has 8 heteroatoms. The quantitative estimate of drug-likeness (QED) is 0.147. The Morgan fingerprint density at radius 3 is 2.02 bits per heavy atom. The van der Waals surface area contributed by atoms with E-state index in [-0.39, 0.29) is 51.0 Å². The Morgan fingerprint density at radius 2 is 1.49 bits per heavy atom. The number of amides is 1. The highest BCUT2D eigenvalue weighted by Gasteiger charge is 2.64. The molecule has 0 bridgehead atoms. The second-order valence-corrected chi connectivity index (χ2v) is 31.0. The van der Waals surface area contributed by atoms with E-state index in [1.807, 2.05) is 6.92 Å². The Kier molecular flexibility index (Phi) is 10.9. The Labute approximate surface area is 300 Å². The van der Waals surface area contributed by atoms with Gasteiger partial charge < -0.3 is 19.3 Å². The molecule has 272 valence electrons. The molecule has 0 saturated heterocycles. The molecule has 11 atom stereocenters. The molecule has 0 aromatic carbocycles. The lowest BCUT2D eigenvalue weighted by Crippen LogP contribution is -2.61. The molecular weight excluding hydrogens is 683 g/mol. The normalized spacial score (nSPS) is 38.1. The van der Waals surface area contributed by atoms with Gasteiger partial charge in [0.1, 0.15) is 0 Å². The molecule has 1 unspecified atom stereocenters. The maximum Gasteiger partial charge on any atom is 0.223 e. The van der Waals surface area contributed by atoms with E-state index in [1.54, 1.807) is 19.4 Å². The van der Waals surface area contributed by atoms with Gasteiger partial charge in [-0.3, -0.25) is 4.79 Å². The van der Waals surface area contributed by atoms with Gasteiger partial charge in [0, 0.05) is 16.2 Å². The predicted molar refractivity (Wildman–Crippen MR) is 206 cm³/mol. The number of nitrogens with one attached hydrogen (secondary N) is 1. The van der Waals surface area contributed by atoms with Crippen molar-refractivity contribution >= 4 is 38.5 Å². The van der Waals surface area contributed by atoms with Crippen molar-refractivity contribution in [1.29, 1.82) is 0 Å². The number of aliphatic hydroxyl groups is 1. The van der Waals surface area contributed by atoms with E-state index in [0.29, 0.717) is 28.5 Å². The van der Waals surface area contributed by atoms with E-state index in [9.17, 15) is 9.90 Å². The highest BCUT2D eigenvalue weighted by atomic mass is 79.9. The Balaban J connectivity index is 1.69. The first-order valence-corrected chi connectivity index (χ1v) is 25.5. The van der Waals surface area contributed by atoms with Gasteiger partial charge in [-0.05, 0) is 125 Å². The summed E-state index contributed by atoms with van der Waals surface area (Å²) in [5.74, 6) is 1.95. The maximum atomic E-state index is 13.6. The van der Waals surface area contributed by atoms with Gasteiger partial charge >= 0.3 is 0 Å². The molecule has 47 heavy (non-hydrogen) atoms. The summed E-state index contributed by atoms with van der Waals surface area (Å²) in [4.78, 5) is 13.9. The number of allylic oxidation sites excluding steroid dienone is 1. The lowest BCUT2D eigenvalue weighted by atomic mass is 9.46. The lowest BCUT2D eigenvalue weighted by Gasteiger charge is -2.62. The number of hydrogen-bond donors (Lipinski definition) is 2. The zero-order valence-corrected chi connectivity index (χ0v) is 36.7. The van der Waals surface area contributed by atoms with Crippen LogP contribution in [0.1, 0.15) is 122 Å². The molecule has 0 radical (unpaired) electrons. The van der Waals surface area contributed by atoms with Crippen LogP contribution in [-0.2, 0) is 13.6 Å². The van der Waals surface area contributed by atoms with Crippen molar-refractivity contribution in [3.8, 4) is 0 Å². The monoisotopic (exact) mass is 753 g/mol. The second kappa shape index (κ2) is 12.9. The van der Waals surface area contributed by atoms with Crippen LogP contribution in [-0.4, -0.2) is 56.3 Å². The van der Waals surface area contributed by atoms with Crippen LogP contribution in [0, 0.1) is 40.4 Å². The highest BCUT2D eigenvalue weighted by Crippen LogP contribution is 2.68. The Morgan fingerprint density at radius 1 is 0.936 bits per heavy atom. The fraction of sp³-hybridized carbons (Fsp3) is 0.923. The van der Waals surface area contributed by atoms with Crippen LogP contribution in [0.3, 0.4) is 0 Å². The predicted octanol–water partition coefficient (Wildman–Crippen LogP) is 10.2. The summed E-state index contributed by atoms with van der Waals surface area (Å²) in [6, 6.07) is -0.291. The molecule has 0 aliphatic heterocycles. The third-order valence-electron chi connectivity index (χ3n) is 15.1. The minimum atomic E-state index is -2.07. The fourth-order valence-electron chi connectivity index (χ4n) is 9.56. The van der Waals surface area contributed by atoms with Gasteiger partial charge in [0.05, 0.1) is 23.9 Å². The number of hydrogen-bond acceptors (Lipinski definition) is 4. The molecule has 0 aromatic heterocycles. The lowest BCUT2D eigenvalue weighted by molar-refractivity contribution is -0.132. The average molecular weight is 755 g/mol. The molecule has 5 nitrogen and oxygen atoms in total. The van der Waals surface area contributed by atoms with Gasteiger partial charge in [0.25, 0.3) is 0 Å².